The number of fused-ring (bicyclic) bond motifs is 1. The molecule has 2 N–H and O–H groups in total. The predicted octanol–water partition coefficient (Wildman–Crippen LogP) is 2.03. The van der Waals surface area contributed by atoms with Crippen LogP contribution in [0.25, 0.3) is 0 Å². The van der Waals surface area contributed by atoms with Crippen LogP contribution in [0.3, 0.4) is 0 Å². The lowest BCUT2D eigenvalue weighted by molar-refractivity contribution is -0.142. The van der Waals surface area contributed by atoms with Gasteiger partial charge in [-0.15, -0.1) is 0 Å². The van der Waals surface area contributed by atoms with Gasteiger partial charge >= 0.3 is 5.97 Å². The number of benzene rings is 1. The highest BCUT2D eigenvalue weighted by atomic mass is 19.1. The van der Waals surface area contributed by atoms with Gasteiger partial charge in [-0.25, -0.2) is 9.18 Å². The summed E-state index contributed by atoms with van der Waals surface area (Å²) in [7, 11) is 0. The molecule has 0 saturated heterocycles. The van der Waals surface area contributed by atoms with E-state index in [4.69, 9.17) is 5.11 Å². The number of carboxylic acids is 1. The molecule has 0 spiro atoms. The first-order valence-electron chi connectivity index (χ1n) is 4.88. The van der Waals surface area contributed by atoms with E-state index in [-0.39, 0.29) is 12.2 Å². The van der Waals surface area contributed by atoms with Crippen molar-refractivity contribution in [2.45, 2.75) is 25.3 Å². The second kappa shape index (κ2) is 3.22. The van der Waals surface area contributed by atoms with Crippen LogP contribution in [0.1, 0.15) is 18.9 Å². The molecular weight excluding hydrogens is 197 g/mol. The monoisotopic (exact) mass is 209 g/mol. The van der Waals surface area contributed by atoms with Crippen molar-refractivity contribution < 1.29 is 14.3 Å². The average Bonchev–Trinajstić information content (AvgIpc) is 2.59. The molecule has 0 fully saturated rings. The van der Waals surface area contributed by atoms with Crippen molar-refractivity contribution in [3.05, 3.63) is 29.6 Å². The highest BCUT2D eigenvalue weighted by Crippen LogP contribution is 2.36. The fraction of sp³-hybridized carbons (Fsp3) is 0.364. The summed E-state index contributed by atoms with van der Waals surface area (Å²) in [5, 5.41) is 12.0. The van der Waals surface area contributed by atoms with Gasteiger partial charge in [0.05, 0.1) is 0 Å². The third-order valence-corrected chi connectivity index (χ3v) is 2.98. The Hall–Kier alpha value is -1.58. The van der Waals surface area contributed by atoms with Gasteiger partial charge < -0.3 is 10.4 Å². The van der Waals surface area contributed by atoms with Crippen LogP contribution in [0.15, 0.2) is 18.2 Å². The van der Waals surface area contributed by atoms with E-state index in [2.05, 4.69) is 5.32 Å². The van der Waals surface area contributed by atoms with E-state index in [0.29, 0.717) is 17.7 Å². The maximum atomic E-state index is 13.4. The average molecular weight is 209 g/mol. The Balaban J connectivity index is 2.44. The number of hydrogen-bond acceptors (Lipinski definition) is 2. The van der Waals surface area contributed by atoms with Crippen LogP contribution in [0.4, 0.5) is 10.1 Å². The molecule has 1 aliphatic heterocycles. The molecule has 1 heterocycles. The molecule has 0 bridgehead atoms. The highest BCUT2D eigenvalue weighted by Gasteiger charge is 2.43. The molecule has 0 aliphatic carbocycles. The molecule has 1 unspecified atom stereocenters. The molecule has 0 saturated carbocycles. The van der Waals surface area contributed by atoms with E-state index in [1.165, 1.54) is 6.07 Å². The number of nitrogens with one attached hydrogen (secondary N) is 1. The quantitative estimate of drug-likeness (QED) is 0.783. The number of halogens is 1. The number of rotatable bonds is 2. The van der Waals surface area contributed by atoms with E-state index in [1.54, 1.807) is 19.1 Å². The Kier molecular flexibility index (Phi) is 2.14. The van der Waals surface area contributed by atoms with Crippen LogP contribution < -0.4 is 5.32 Å². The number of aliphatic carboxylic acids is 1. The molecule has 2 rings (SSSR count). The topological polar surface area (TPSA) is 49.3 Å². The molecule has 1 aromatic carbocycles. The van der Waals surface area contributed by atoms with Crippen LogP contribution in [-0.2, 0) is 11.2 Å². The molecule has 15 heavy (non-hydrogen) atoms. The van der Waals surface area contributed by atoms with Crippen LogP contribution in [0.2, 0.25) is 0 Å². The molecule has 1 atom stereocenters. The minimum Gasteiger partial charge on any atom is -0.479 e. The van der Waals surface area contributed by atoms with E-state index < -0.39 is 11.5 Å². The fourth-order valence-electron chi connectivity index (χ4n) is 1.95. The lowest BCUT2D eigenvalue weighted by atomic mass is 9.92. The number of carbonyl (C=O) groups is 1. The van der Waals surface area contributed by atoms with Gasteiger partial charge in [0.25, 0.3) is 0 Å². The van der Waals surface area contributed by atoms with E-state index in [9.17, 15) is 9.18 Å². The van der Waals surface area contributed by atoms with E-state index in [0.717, 1.165) is 0 Å². The standard InChI is InChI=1S/C11H12FNO2/c1-2-11(10(14)15)6-7-8(12)4-3-5-9(7)13-11/h3-5,13H,2,6H2,1H3,(H,14,15). The predicted molar refractivity (Wildman–Crippen MR) is 54.4 cm³/mol. The van der Waals surface area contributed by atoms with Crippen molar-refractivity contribution >= 4 is 11.7 Å². The fourth-order valence-corrected chi connectivity index (χ4v) is 1.95. The lowest BCUT2D eigenvalue weighted by Crippen LogP contribution is -2.44. The van der Waals surface area contributed by atoms with Crippen LogP contribution >= 0.6 is 0 Å². The van der Waals surface area contributed by atoms with E-state index in [1.807, 2.05) is 0 Å². The Bertz CT molecular complexity index is 419. The van der Waals surface area contributed by atoms with Gasteiger partial charge in [0.2, 0.25) is 0 Å². The summed E-state index contributed by atoms with van der Waals surface area (Å²) in [4.78, 5) is 11.1. The number of anilines is 1. The Morgan fingerprint density at radius 2 is 2.40 bits per heavy atom. The van der Waals surface area contributed by atoms with Crippen molar-refractivity contribution in [2.24, 2.45) is 0 Å². The molecule has 0 radical (unpaired) electrons. The highest BCUT2D eigenvalue weighted by molar-refractivity contribution is 5.86. The first kappa shape index (κ1) is 9.96. The lowest BCUT2D eigenvalue weighted by Gasteiger charge is -2.22. The summed E-state index contributed by atoms with van der Waals surface area (Å²) >= 11 is 0. The smallest absolute Gasteiger partial charge is 0.329 e. The van der Waals surface area contributed by atoms with Gasteiger partial charge in [0, 0.05) is 17.7 Å². The zero-order chi connectivity index (χ0) is 11.1. The summed E-state index contributed by atoms with van der Waals surface area (Å²) < 4.78 is 13.4. The Morgan fingerprint density at radius 3 is 2.93 bits per heavy atom. The molecule has 3 nitrogen and oxygen atoms in total. The summed E-state index contributed by atoms with van der Waals surface area (Å²) in [5.41, 5.74) is 0.0332. The third kappa shape index (κ3) is 1.37. The van der Waals surface area contributed by atoms with Gasteiger partial charge in [-0.2, -0.15) is 0 Å². The van der Waals surface area contributed by atoms with Crippen LogP contribution in [-0.4, -0.2) is 16.6 Å². The summed E-state index contributed by atoms with van der Waals surface area (Å²) in [6, 6.07) is 4.64. The van der Waals surface area contributed by atoms with Gasteiger partial charge in [-0.05, 0) is 18.6 Å². The zero-order valence-electron chi connectivity index (χ0n) is 8.38. The number of carboxylic acid groups (broad SMARTS) is 1. The van der Waals surface area contributed by atoms with Gasteiger partial charge in [0.15, 0.2) is 0 Å². The largest absolute Gasteiger partial charge is 0.479 e. The SMILES string of the molecule is CCC1(C(=O)O)Cc2c(F)cccc2N1. The maximum Gasteiger partial charge on any atom is 0.329 e. The molecule has 1 aromatic rings. The van der Waals surface area contributed by atoms with Crippen molar-refractivity contribution in [1.29, 1.82) is 0 Å². The molecule has 0 amide bonds. The summed E-state index contributed by atoms with van der Waals surface area (Å²) in [6.45, 7) is 1.78. The minimum atomic E-state index is -1.04. The normalized spacial score (nSPS) is 23.3. The van der Waals surface area contributed by atoms with Gasteiger partial charge in [-0.3, -0.25) is 0 Å². The molecule has 0 aromatic heterocycles. The van der Waals surface area contributed by atoms with Crippen molar-refractivity contribution in [2.75, 3.05) is 5.32 Å². The first-order valence-corrected chi connectivity index (χ1v) is 4.88. The van der Waals surface area contributed by atoms with Crippen LogP contribution in [0.5, 0.6) is 0 Å². The third-order valence-electron chi connectivity index (χ3n) is 2.98. The molecule has 4 heteroatoms. The minimum absolute atomic E-state index is 0.209. The summed E-state index contributed by atoms with van der Waals surface area (Å²) in [6.07, 6.45) is 0.636. The first-order chi connectivity index (χ1) is 7.09. The maximum absolute atomic E-state index is 13.4. The van der Waals surface area contributed by atoms with Crippen molar-refractivity contribution in [1.82, 2.24) is 0 Å². The molecule has 80 valence electrons. The van der Waals surface area contributed by atoms with Crippen molar-refractivity contribution in [3.63, 3.8) is 0 Å². The molecular formula is C11H12FNO2. The number of hydrogen-bond donors (Lipinski definition) is 2. The Morgan fingerprint density at radius 1 is 1.67 bits per heavy atom. The second-order valence-electron chi connectivity index (χ2n) is 3.81. The second-order valence-corrected chi connectivity index (χ2v) is 3.81. The zero-order valence-corrected chi connectivity index (χ0v) is 8.38. The van der Waals surface area contributed by atoms with E-state index >= 15 is 0 Å². The summed E-state index contributed by atoms with van der Waals surface area (Å²) in [5.74, 6) is -1.27. The van der Waals surface area contributed by atoms with Crippen molar-refractivity contribution in [3.8, 4) is 0 Å². The Labute approximate surface area is 86.9 Å². The van der Waals surface area contributed by atoms with Gasteiger partial charge in [0.1, 0.15) is 11.4 Å². The molecule has 1 aliphatic rings. The van der Waals surface area contributed by atoms with Crippen LogP contribution in [0, 0.1) is 5.82 Å². The van der Waals surface area contributed by atoms with Gasteiger partial charge in [-0.1, -0.05) is 13.0 Å².